The van der Waals surface area contributed by atoms with Gasteiger partial charge < -0.3 is 5.11 Å². The predicted octanol–water partition coefficient (Wildman–Crippen LogP) is 4.05. The molecule has 2 heteroatoms. The van der Waals surface area contributed by atoms with Gasteiger partial charge in [-0.05, 0) is 68.3 Å². The quantitative estimate of drug-likeness (QED) is 0.685. The van der Waals surface area contributed by atoms with E-state index in [-0.39, 0.29) is 11.5 Å². The van der Waals surface area contributed by atoms with Crippen LogP contribution in [-0.4, -0.2) is 17.0 Å². The van der Waals surface area contributed by atoms with Gasteiger partial charge in [0.05, 0.1) is 6.10 Å². The van der Waals surface area contributed by atoms with E-state index >= 15 is 0 Å². The summed E-state index contributed by atoms with van der Waals surface area (Å²) in [6.07, 6.45) is 11.5. The maximum atomic E-state index is 11.8. The number of allylic oxidation sites excluding steroid dienone is 3. The lowest BCUT2D eigenvalue weighted by Gasteiger charge is -2.56. The second-order valence-corrected chi connectivity index (χ2v) is 8.41. The van der Waals surface area contributed by atoms with Crippen LogP contribution in [0.25, 0.3) is 0 Å². The molecule has 0 aromatic carbocycles. The van der Waals surface area contributed by atoms with Crippen LogP contribution in [0.2, 0.25) is 0 Å². The Morgan fingerprint density at radius 1 is 1.27 bits per heavy atom. The molecule has 0 aromatic rings. The van der Waals surface area contributed by atoms with E-state index in [1.54, 1.807) is 5.57 Å². The van der Waals surface area contributed by atoms with Crippen molar-refractivity contribution in [3.8, 4) is 0 Å². The third kappa shape index (κ3) is 1.99. The van der Waals surface area contributed by atoms with E-state index in [4.69, 9.17) is 0 Å². The number of carbonyl (C=O) groups is 1. The monoisotopic (exact) mass is 300 g/mol. The molecule has 0 aliphatic heterocycles. The van der Waals surface area contributed by atoms with Gasteiger partial charge in [-0.15, -0.1) is 0 Å². The largest absolute Gasteiger partial charge is 0.392 e. The second kappa shape index (κ2) is 5.06. The Hall–Kier alpha value is -0.890. The first-order valence-corrected chi connectivity index (χ1v) is 9.12. The minimum Gasteiger partial charge on any atom is -0.392 e. The van der Waals surface area contributed by atoms with Gasteiger partial charge in [-0.1, -0.05) is 31.1 Å². The zero-order valence-electron chi connectivity index (χ0n) is 13.8. The van der Waals surface area contributed by atoms with Crippen LogP contribution in [0.5, 0.6) is 0 Å². The van der Waals surface area contributed by atoms with Gasteiger partial charge in [0, 0.05) is 11.8 Å². The van der Waals surface area contributed by atoms with Crippen molar-refractivity contribution in [2.45, 2.75) is 64.9 Å². The van der Waals surface area contributed by atoms with E-state index in [0.29, 0.717) is 29.5 Å². The number of aliphatic hydroxyl groups excluding tert-OH is 1. The van der Waals surface area contributed by atoms with Crippen molar-refractivity contribution >= 4 is 5.78 Å². The molecule has 0 unspecified atom stereocenters. The summed E-state index contributed by atoms with van der Waals surface area (Å²) in [6.45, 7) is 4.66. The summed E-state index contributed by atoms with van der Waals surface area (Å²) in [7, 11) is 0. The lowest BCUT2D eigenvalue weighted by molar-refractivity contribution is -0.115. The molecule has 1 N–H and O–H groups in total. The summed E-state index contributed by atoms with van der Waals surface area (Å²) < 4.78 is 0. The van der Waals surface area contributed by atoms with Gasteiger partial charge in [0.15, 0.2) is 5.78 Å². The number of fused-ring (bicyclic) bond motifs is 5. The number of ketones is 1. The van der Waals surface area contributed by atoms with E-state index in [1.165, 1.54) is 12.0 Å². The standard InChI is InChI=1S/C20H28O2/c1-12-10-13-11-14(21)6-7-15(13)16-8-9-20(2)17(19(12)16)4-3-5-18(20)22/h4,11-12,15-16,18-19,22H,3,5-10H2,1-2H3/t12-,15+,16-,18+,19-,20+/m1/s1. The fourth-order valence-electron chi connectivity index (χ4n) is 6.09. The molecule has 22 heavy (non-hydrogen) atoms. The van der Waals surface area contributed by atoms with Crippen LogP contribution in [0.3, 0.4) is 0 Å². The second-order valence-electron chi connectivity index (χ2n) is 8.41. The number of hydrogen-bond acceptors (Lipinski definition) is 2. The van der Waals surface area contributed by atoms with Gasteiger partial charge >= 0.3 is 0 Å². The summed E-state index contributed by atoms with van der Waals surface area (Å²) in [4.78, 5) is 11.8. The summed E-state index contributed by atoms with van der Waals surface area (Å²) in [5.41, 5.74) is 3.01. The highest BCUT2D eigenvalue weighted by molar-refractivity contribution is 5.91. The first kappa shape index (κ1) is 14.7. The predicted molar refractivity (Wildman–Crippen MR) is 87.2 cm³/mol. The van der Waals surface area contributed by atoms with Crippen molar-refractivity contribution in [3.05, 3.63) is 23.3 Å². The van der Waals surface area contributed by atoms with Crippen LogP contribution in [0.1, 0.15) is 58.8 Å². The summed E-state index contributed by atoms with van der Waals surface area (Å²) in [5, 5.41) is 10.6. The van der Waals surface area contributed by atoms with Crippen molar-refractivity contribution in [2.75, 3.05) is 0 Å². The van der Waals surface area contributed by atoms with Crippen molar-refractivity contribution < 1.29 is 9.90 Å². The van der Waals surface area contributed by atoms with E-state index in [9.17, 15) is 9.90 Å². The number of hydrogen-bond donors (Lipinski definition) is 1. The first-order valence-electron chi connectivity index (χ1n) is 9.12. The Balaban J connectivity index is 1.72. The Kier molecular flexibility index (Phi) is 3.38. The fourth-order valence-corrected chi connectivity index (χ4v) is 6.09. The Bertz CT molecular complexity index is 558. The number of carbonyl (C=O) groups excluding carboxylic acids is 1. The first-order chi connectivity index (χ1) is 10.5. The van der Waals surface area contributed by atoms with Crippen molar-refractivity contribution in [1.29, 1.82) is 0 Å². The van der Waals surface area contributed by atoms with Crippen molar-refractivity contribution in [2.24, 2.45) is 29.1 Å². The average Bonchev–Trinajstić information content (AvgIpc) is 2.48. The molecular formula is C20H28O2. The molecule has 0 radical (unpaired) electrons. The third-order valence-electron chi connectivity index (χ3n) is 7.23. The summed E-state index contributed by atoms with van der Waals surface area (Å²) >= 11 is 0. The molecule has 0 saturated heterocycles. The summed E-state index contributed by atoms with van der Waals surface area (Å²) in [6, 6.07) is 0. The van der Waals surface area contributed by atoms with Crippen molar-refractivity contribution in [3.63, 3.8) is 0 Å². The number of aliphatic hydroxyl groups is 1. The van der Waals surface area contributed by atoms with E-state index < -0.39 is 0 Å². The fraction of sp³-hybridized carbons (Fsp3) is 0.750. The van der Waals surface area contributed by atoms with Crippen LogP contribution in [0.4, 0.5) is 0 Å². The molecule has 0 bridgehead atoms. The van der Waals surface area contributed by atoms with Gasteiger partial charge in [-0.2, -0.15) is 0 Å². The smallest absolute Gasteiger partial charge is 0.155 e. The highest BCUT2D eigenvalue weighted by atomic mass is 16.3. The Morgan fingerprint density at radius 2 is 2.09 bits per heavy atom. The molecule has 4 aliphatic carbocycles. The van der Waals surface area contributed by atoms with Crippen molar-refractivity contribution in [1.82, 2.24) is 0 Å². The lowest BCUT2D eigenvalue weighted by Crippen LogP contribution is -2.50. The van der Waals surface area contributed by atoms with E-state index in [1.807, 2.05) is 6.08 Å². The zero-order chi connectivity index (χ0) is 15.5. The third-order valence-corrected chi connectivity index (χ3v) is 7.23. The van der Waals surface area contributed by atoms with Crippen LogP contribution < -0.4 is 0 Å². The molecule has 2 saturated carbocycles. The van der Waals surface area contributed by atoms with Gasteiger partial charge in [0.2, 0.25) is 0 Å². The summed E-state index contributed by atoms with van der Waals surface area (Å²) in [5.74, 6) is 2.90. The van der Waals surface area contributed by atoms with Crippen LogP contribution >= 0.6 is 0 Å². The van der Waals surface area contributed by atoms with E-state index in [0.717, 1.165) is 38.5 Å². The van der Waals surface area contributed by atoms with Gasteiger partial charge in [-0.3, -0.25) is 4.79 Å². The molecule has 6 atom stereocenters. The minimum atomic E-state index is -0.162. The SMILES string of the molecule is C[C@@H]1CC2=CC(=O)CC[C@@H]2[C@H]2CC[C@@]3(C)C(=CCC[C@@H]3O)[C@@H]21. The maximum Gasteiger partial charge on any atom is 0.155 e. The topological polar surface area (TPSA) is 37.3 Å². The molecule has 2 nitrogen and oxygen atoms in total. The molecular weight excluding hydrogens is 272 g/mol. The minimum absolute atomic E-state index is 0.0133. The molecule has 0 aromatic heterocycles. The van der Waals surface area contributed by atoms with E-state index in [2.05, 4.69) is 19.9 Å². The Labute approximate surface area is 133 Å². The normalized spacial score (nSPS) is 47.8. The van der Waals surface area contributed by atoms with Gasteiger partial charge in [-0.25, -0.2) is 0 Å². The van der Waals surface area contributed by atoms with Crippen LogP contribution in [0, 0.1) is 29.1 Å². The highest BCUT2D eigenvalue weighted by Gasteiger charge is 2.52. The Morgan fingerprint density at radius 3 is 2.91 bits per heavy atom. The maximum absolute atomic E-state index is 11.8. The van der Waals surface area contributed by atoms with Gasteiger partial charge in [0.25, 0.3) is 0 Å². The average molecular weight is 300 g/mol. The molecule has 4 aliphatic rings. The molecule has 2 fully saturated rings. The van der Waals surface area contributed by atoms with Gasteiger partial charge in [0.1, 0.15) is 0 Å². The number of rotatable bonds is 0. The van der Waals surface area contributed by atoms with Crippen LogP contribution in [0.15, 0.2) is 23.3 Å². The molecule has 0 heterocycles. The molecule has 120 valence electrons. The molecule has 0 amide bonds. The molecule has 0 spiro atoms. The lowest BCUT2D eigenvalue weighted by atomic mass is 9.49. The highest BCUT2D eigenvalue weighted by Crippen LogP contribution is 2.60. The zero-order valence-corrected chi connectivity index (χ0v) is 13.8. The van der Waals surface area contributed by atoms with Crippen LogP contribution in [-0.2, 0) is 4.79 Å². The molecule has 4 rings (SSSR count).